The molecule has 150 valence electrons. The Labute approximate surface area is 178 Å². The molecule has 1 aliphatic heterocycles. The van der Waals surface area contributed by atoms with Crippen molar-refractivity contribution >= 4 is 39.3 Å². The van der Waals surface area contributed by atoms with Gasteiger partial charge in [-0.15, -0.1) is 0 Å². The minimum absolute atomic E-state index is 0.193. The molecule has 2 heterocycles. The van der Waals surface area contributed by atoms with Gasteiger partial charge in [0.05, 0.1) is 24.1 Å². The number of rotatable bonds is 5. The standard InChI is InChI=1S/C22H22BrN3O3/c23-15-8-10-17(11-9-15)25(13-16-5-3-4-12-24-16)20(27)14-26-21(28)18-6-1-2-7-19(18)22(26)29/h3-5,8-12,18-19H,1-2,6-7,13-14H2. The average Bonchev–Trinajstić information content (AvgIpc) is 2.98. The molecular formula is C22H22BrN3O3. The zero-order valence-corrected chi connectivity index (χ0v) is 17.5. The van der Waals surface area contributed by atoms with Crippen molar-refractivity contribution in [2.24, 2.45) is 11.8 Å². The molecule has 0 bridgehead atoms. The van der Waals surface area contributed by atoms with Gasteiger partial charge in [0.2, 0.25) is 17.7 Å². The summed E-state index contributed by atoms with van der Waals surface area (Å²) < 4.78 is 0.903. The number of pyridine rings is 1. The van der Waals surface area contributed by atoms with E-state index < -0.39 is 0 Å². The third-order valence-corrected chi connectivity index (χ3v) is 6.24. The van der Waals surface area contributed by atoms with Crippen molar-refractivity contribution in [3.8, 4) is 0 Å². The minimum Gasteiger partial charge on any atom is -0.305 e. The number of likely N-dealkylation sites (tertiary alicyclic amines) is 1. The summed E-state index contributed by atoms with van der Waals surface area (Å²) in [5.41, 5.74) is 1.43. The molecule has 1 aromatic heterocycles. The lowest BCUT2D eigenvalue weighted by molar-refractivity contribution is -0.143. The van der Waals surface area contributed by atoms with Crippen LogP contribution in [-0.2, 0) is 20.9 Å². The fourth-order valence-corrected chi connectivity index (χ4v) is 4.47. The number of fused-ring (bicyclic) bond motifs is 1. The zero-order chi connectivity index (χ0) is 20.4. The van der Waals surface area contributed by atoms with E-state index >= 15 is 0 Å². The van der Waals surface area contributed by atoms with E-state index in [9.17, 15) is 14.4 Å². The predicted molar refractivity (Wildman–Crippen MR) is 112 cm³/mol. The zero-order valence-electron chi connectivity index (χ0n) is 16.0. The molecule has 4 rings (SSSR count). The first-order valence-electron chi connectivity index (χ1n) is 9.85. The van der Waals surface area contributed by atoms with E-state index in [0.717, 1.165) is 35.8 Å². The summed E-state index contributed by atoms with van der Waals surface area (Å²) in [6.07, 6.45) is 5.09. The summed E-state index contributed by atoms with van der Waals surface area (Å²) in [5, 5.41) is 0. The Morgan fingerprint density at radius 1 is 1.03 bits per heavy atom. The number of aromatic nitrogens is 1. The lowest BCUT2D eigenvalue weighted by atomic mass is 9.81. The van der Waals surface area contributed by atoms with Crippen molar-refractivity contribution in [2.45, 2.75) is 32.2 Å². The Bertz CT molecular complexity index is 893. The molecule has 1 aliphatic carbocycles. The summed E-state index contributed by atoms with van der Waals surface area (Å²) in [6, 6.07) is 12.9. The van der Waals surface area contributed by atoms with Crippen LogP contribution in [0.3, 0.4) is 0 Å². The highest BCUT2D eigenvalue weighted by atomic mass is 79.9. The van der Waals surface area contributed by atoms with Gasteiger partial charge in [0.15, 0.2) is 0 Å². The Morgan fingerprint density at radius 3 is 2.28 bits per heavy atom. The summed E-state index contributed by atoms with van der Waals surface area (Å²) in [5.74, 6) is -1.18. The number of hydrogen-bond donors (Lipinski definition) is 0. The molecule has 1 saturated heterocycles. The van der Waals surface area contributed by atoms with E-state index in [1.54, 1.807) is 11.1 Å². The summed E-state index contributed by atoms with van der Waals surface area (Å²) in [7, 11) is 0. The fourth-order valence-electron chi connectivity index (χ4n) is 4.21. The van der Waals surface area contributed by atoms with E-state index in [2.05, 4.69) is 20.9 Å². The SMILES string of the molecule is O=C1C2CCCCC2C(=O)N1CC(=O)N(Cc1ccccn1)c1ccc(Br)cc1. The van der Waals surface area contributed by atoms with E-state index in [4.69, 9.17) is 0 Å². The maximum Gasteiger partial charge on any atom is 0.247 e. The van der Waals surface area contributed by atoms with Gasteiger partial charge >= 0.3 is 0 Å². The number of nitrogens with zero attached hydrogens (tertiary/aromatic N) is 3. The van der Waals surface area contributed by atoms with Crippen LogP contribution < -0.4 is 4.90 Å². The molecular weight excluding hydrogens is 434 g/mol. The molecule has 2 aliphatic rings. The fraction of sp³-hybridized carbons (Fsp3) is 0.364. The number of benzene rings is 1. The minimum atomic E-state index is -0.293. The van der Waals surface area contributed by atoms with Crippen LogP contribution >= 0.6 is 15.9 Å². The van der Waals surface area contributed by atoms with Crippen molar-refractivity contribution in [1.82, 2.24) is 9.88 Å². The van der Waals surface area contributed by atoms with E-state index in [1.165, 1.54) is 4.90 Å². The number of imide groups is 1. The van der Waals surface area contributed by atoms with Crippen LogP contribution in [0.4, 0.5) is 5.69 Å². The molecule has 1 aromatic carbocycles. The Hall–Kier alpha value is -2.54. The quantitative estimate of drug-likeness (QED) is 0.646. The number of carbonyl (C=O) groups is 3. The van der Waals surface area contributed by atoms with Crippen LogP contribution in [0.5, 0.6) is 0 Å². The highest BCUT2D eigenvalue weighted by Crippen LogP contribution is 2.38. The Morgan fingerprint density at radius 2 is 1.69 bits per heavy atom. The van der Waals surface area contributed by atoms with E-state index in [1.807, 2.05) is 42.5 Å². The highest BCUT2D eigenvalue weighted by molar-refractivity contribution is 9.10. The average molecular weight is 456 g/mol. The number of amides is 3. The second-order valence-corrected chi connectivity index (χ2v) is 8.45. The second-order valence-electron chi connectivity index (χ2n) is 7.54. The smallest absolute Gasteiger partial charge is 0.247 e. The third-order valence-electron chi connectivity index (χ3n) is 5.71. The molecule has 29 heavy (non-hydrogen) atoms. The van der Waals surface area contributed by atoms with Gasteiger partial charge in [-0.3, -0.25) is 24.3 Å². The van der Waals surface area contributed by atoms with Gasteiger partial charge in [0, 0.05) is 16.4 Å². The highest BCUT2D eigenvalue weighted by Gasteiger charge is 2.48. The first kappa shape index (κ1) is 19.8. The summed E-state index contributed by atoms with van der Waals surface area (Å²) in [6.45, 7) is 0.0396. The number of halogens is 1. The number of carbonyl (C=O) groups excluding carboxylic acids is 3. The van der Waals surface area contributed by atoms with Crippen molar-refractivity contribution < 1.29 is 14.4 Å². The van der Waals surface area contributed by atoms with Crippen molar-refractivity contribution in [1.29, 1.82) is 0 Å². The van der Waals surface area contributed by atoms with Crippen LogP contribution in [0.2, 0.25) is 0 Å². The Balaban J connectivity index is 1.57. The Kier molecular flexibility index (Phi) is 5.76. The molecule has 2 atom stereocenters. The molecule has 0 N–H and O–H groups in total. The van der Waals surface area contributed by atoms with Gasteiger partial charge < -0.3 is 4.90 Å². The first-order chi connectivity index (χ1) is 14.0. The molecule has 2 fully saturated rings. The van der Waals surface area contributed by atoms with Crippen molar-refractivity contribution in [2.75, 3.05) is 11.4 Å². The van der Waals surface area contributed by atoms with Gasteiger partial charge in [0.1, 0.15) is 6.54 Å². The van der Waals surface area contributed by atoms with E-state index in [-0.39, 0.29) is 42.6 Å². The van der Waals surface area contributed by atoms with E-state index in [0.29, 0.717) is 5.69 Å². The molecule has 2 aromatic rings. The first-order valence-corrected chi connectivity index (χ1v) is 10.6. The number of anilines is 1. The topological polar surface area (TPSA) is 70.6 Å². The molecule has 0 radical (unpaired) electrons. The van der Waals surface area contributed by atoms with Crippen LogP contribution in [-0.4, -0.2) is 34.2 Å². The van der Waals surface area contributed by atoms with Crippen molar-refractivity contribution in [3.05, 3.63) is 58.8 Å². The van der Waals surface area contributed by atoms with Crippen LogP contribution in [0, 0.1) is 11.8 Å². The molecule has 3 amide bonds. The van der Waals surface area contributed by atoms with Gasteiger partial charge in [-0.2, -0.15) is 0 Å². The predicted octanol–water partition coefficient (Wildman–Crippen LogP) is 3.55. The molecule has 0 spiro atoms. The lowest BCUT2D eigenvalue weighted by Crippen LogP contribution is -2.43. The van der Waals surface area contributed by atoms with Gasteiger partial charge in [-0.05, 0) is 49.2 Å². The third kappa shape index (κ3) is 4.10. The van der Waals surface area contributed by atoms with Gasteiger partial charge in [-0.1, -0.05) is 34.8 Å². The largest absolute Gasteiger partial charge is 0.305 e. The lowest BCUT2D eigenvalue weighted by Gasteiger charge is -2.25. The monoisotopic (exact) mass is 455 g/mol. The van der Waals surface area contributed by atoms with Gasteiger partial charge in [0.25, 0.3) is 0 Å². The summed E-state index contributed by atoms with van der Waals surface area (Å²) >= 11 is 3.41. The molecule has 7 heteroatoms. The maximum atomic E-state index is 13.2. The van der Waals surface area contributed by atoms with Gasteiger partial charge in [-0.25, -0.2) is 0 Å². The van der Waals surface area contributed by atoms with Crippen LogP contribution in [0.25, 0.3) is 0 Å². The summed E-state index contributed by atoms with van der Waals surface area (Å²) in [4.78, 5) is 45.8. The molecule has 1 saturated carbocycles. The molecule has 6 nitrogen and oxygen atoms in total. The van der Waals surface area contributed by atoms with Crippen LogP contribution in [0.1, 0.15) is 31.4 Å². The van der Waals surface area contributed by atoms with Crippen molar-refractivity contribution in [3.63, 3.8) is 0 Å². The normalized spacial score (nSPS) is 21.2. The maximum absolute atomic E-state index is 13.2. The molecule has 2 unspecified atom stereocenters. The second kappa shape index (κ2) is 8.45. The van der Waals surface area contributed by atoms with Crippen LogP contribution in [0.15, 0.2) is 53.1 Å². The number of hydrogen-bond acceptors (Lipinski definition) is 4.